The molecule has 5 nitrogen and oxygen atoms in total. The molecule has 0 aliphatic rings. The quantitative estimate of drug-likeness (QED) is 0.493. The van der Waals surface area contributed by atoms with E-state index in [1.165, 1.54) is 0 Å². The number of ketones is 2. The molecule has 0 radical (unpaired) electrons. The average Bonchev–Trinajstić information content (AvgIpc) is 2.64. The van der Waals surface area contributed by atoms with Crippen molar-refractivity contribution in [3.05, 3.63) is 64.1 Å². The maximum Gasteiger partial charge on any atom is 0.306 e. The highest BCUT2D eigenvalue weighted by Crippen LogP contribution is 2.14. The number of methoxy groups -OCH3 is 1. The molecule has 0 amide bonds. The summed E-state index contributed by atoms with van der Waals surface area (Å²) in [5.74, 6) is -0.379. The van der Waals surface area contributed by atoms with Crippen LogP contribution in [-0.2, 0) is 9.53 Å². The van der Waals surface area contributed by atoms with Crippen LogP contribution in [0.5, 0.6) is 5.75 Å². The third kappa shape index (κ3) is 5.83. The number of esters is 1. The third-order valence-electron chi connectivity index (χ3n) is 3.50. The first-order valence-corrected chi connectivity index (χ1v) is 8.40. The van der Waals surface area contributed by atoms with Gasteiger partial charge in [-0.05, 0) is 36.4 Å². The molecule has 25 heavy (non-hydrogen) atoms. The molecule has 6 heteroatoms. The molecule has 0 saturated carbocycles. The second-order valence-electron chi connectivity index (χ2n) is 5.24. The predicted octanol–water partition coefficient (Wildman–Crippen LogP) is 3.85. The van der Waals surface area contributed by atoms with Gasteiger partial charge in [0.15, 0.2) is 18.2 Å². The second kappa shape index (κ2) is 9.13. The number of halogens is 1. The van der Waals surface area contributed by atoms with E-state index >= 15 is 0 Å². The average molecular weight is 405 g/mol. The van der Waals surface area contributed by atoms with Crippen molar-refractivity contribution in [1.29, 1.82) is 0 Å². The van der Waals surface area contributed by atoms with E-state index in [0.29, 0.717) is 16.9 Å². The lowest BCUT2D eigenvalue weighted by molar-refractivity contribution is -0.142. The third-order valence-corrected chi connectivity index (χ3v) is 4.03. The Balaban J connectivity index is 1.77. The fraction of sp³-hybridized carbons (Fsp3) is 0.211. The Kier molecular flexibility index (Phi) is 6.89. The van der Waals surface area contributed by atoms with Crippen LogP contribution in [0.2, 0.25) is 0 Å². The number of hydrogen-bond donors (Lipinski definition) is 0. The summed E-state index contributed by atoms with van der Waals surface area (Å²) in [5.41, 5.74) is 0.963. The van der Waals surface area contributed by atoms with Crippen LogP contribution in [0.25, 0.3) is 0 Å². The molecule has 0 aliphatic carbocycles. The fourth-order valence-corrected chi connectivity index (χ4v) is 2.34. The normalized spacial score (nSPS) is 10.2. The van der Waals surface area contributed by atoms with E-state index in [0.717, 1.165) is 4.47 Å². The molecule has 2 aromatic carbocycles. The SMILES string of the molecule is COc1ccc(C(=O)CCC(=O)OCC(=O)c2ccc(Br)cc2)cc1. The molecule has 0 saturated heterocycles. The van der Waals surface area contributed by atoms with Crippen molar-refractivity contribution in [2.75, 3.05) is 13.7 Å². The summed E-state index contributed by atoms with van der Waals surface area (Å²) in [4.78, 5) is 35.6. The maximum absolute atomic E-state index is 12.0. The molecule has 0 N–H and O–H groups in total. The van der Waals surface area contributed by atoms with Gasteiger partial charge >= 0.3 is 5.97 Å². The number of Topliss-reactive ketones (excluding diaryl/α,β-unsaturated/α-hetero) is 2. The Morgan fingerprint density at radius 3 is 2.00 bits per heavy atom. The minimum Gasteiger partial charge on any atom is -0.497 e. The van der Waals surface area contributed by atoms with Gasteiger partial charge in [0.2, 0.25) is 0 Å². The van der Waals surface area contributed by atoms with E-state index in [1.54, 1.807) is 55.6 Å². The van der Waals surface area contributed by atoms with E-state index in [1.807, 2.05) is 0 Å². The fourth-order valence-electron chi connectivity index (χ4n) is 2.07. The largest absolute Gasteiger partial charge is 0.497 e. The number of carbonyl (C=O) groups excluding carboxylic acids is 3. The monoisotopic (exact) mass is 404 g/mol. The first kappa shape index (κ1) is 18.9. The minimum absolute atomic E-state index is 0.0254. The molecule has 0 unspecified atom stereocenters. The van der Waals surface area contributed by atoms with E-state index in [2.05, 4.69) is 15.9 Å². The van der Waals surface area contributed by atoms with Crippen molar-refractivity contribution < 1.29 is 23.9 Å². The van der Waals surface area contributed by atoms with Crippen LogP contribution in [-0.4, -0.2) is 31.3 Å². The summed E-state index contributed by atoms with van der Waals surface area (Å²) < 4.78 is 10.8. The summed E-state index contributed by atoms with van der Waals surface area (Å²) in [6.45, 7) is -0.336. The van der Waals surface area contributed by atoms with Crippen molar-refractivity contribution in [2.45, 2.75) is 12.8 Å². The van der Waals surface area contributed by atoms with Crippen LogP contribution in [0, 0.1) is 0 Å². The maximum atomic E-state index is 12.0. The Labute approximate surface area is 154 Å². The zero-order valence-electron chi connectivity index (χ0n) is 13.7. The molecule has 0 atom stereocenters. The molecule has 0 aromatic heterocycles. The topological polar surface area (TPSA) is 69.7 Å². The highest BCUT2D eigenvalue weighted by molar-refractivity contribution is 9.10. The zero-order valence-corrected chi connectivity index (χ0v) is 15.2. The number of rotatable bonds is 8. The standard InChI is InChI=1S/C19H17BrO5/c1-24-16-8-4-13(5-9-16)17(21)10-11-19(23)25-12-18(22)14-2-6-15(20)7-3-14/h2-9H,10-12H2,1H3. The van der Waals surface area contributed by atoms with Gasteiger partial charge in [-0.2, -0.15) is 0 Å². The summed E-state index contributed by atoms with van der Waals surface area (Å²) in [6.07, 6.45) is -0.0455. The van der Waals surface area contributed by atoms with Crippen molar-refractivity contribution in [2.24, 2.45) is 0 Å². The van der Waals surface area contributed by atoms with Gasteiger partial charge in [0, 0.05) is 22.0 Å². The van der Waals surface area contributed by atoms with Crippen molar-refractivity contribution in [3.8, 4) is 5.75 Å². The van der Waals surface area contributed by atoms with Gasteiger partial charge in [0.25, 0.3) is 0 Å². The molecule has 0 bridgehead atoms. The van der Waals surface area contributed by atoms with E-state index in [-0.39, 0.29) is 31.0 Å². The molecule has 0 spiro atoms. The van der Waals surface area contributed by atoms with Crippen LogP contribution in [0.4, 0.5) is 0 Å². The van der Waals surface area contributed by atoms with Gasteiger partial charge in [-0.1, -0.05) is 28.1 Å². The molecule has 2 aromatic rings. The Hall–Kier alpha value is -2.47. The summed E-state index contributed by atoms with van der Waals surface area (Å²) >= 11 is 3.28. The first-order valence-electron chi connectivity index (χ1n) is 7.61. The lowest BCUT2D eigenvalue weighted by Crippen LogP contribution is -2.15. The van der Waals surface area contributed by atoms with E-state index < -0.39 is 5.97 Å². The molecular formula is C19H17BrO5. The second-order valence-corrected chi connectivity index (χ2v) is 6.16. The van der Waals surface area contributed by atoms with Gasteiger partial charge in [0.05, 0.1) is 13.5 Å². The van der Waals surface area contributed by atoms with Crippen LogP contribution in [0.1, 0.15) is 33.6 Å². The summed E-state index contributed by atoms with van der Waals surface area (Å²) in [7, 11) is 1.54. The van der Waals surface area contributed by atoms with Gasteiger partial charge in [-0.15, -0.1) is 0 Å². The summed E-state index contributed by atoms with van der Waals surface area (Å²) in [5, 5.41) is 0. The van der Waals surface area contributed by atoms with Gasteiger partial charge in [0.1, 0.15) is 5.75 Å². The first-order chi connectivity index (χ1) is 12.0. The molecule has 0 heterocycles. The van der Waals surface area contributed by atoms with Crippen molar-refractivity contribution >= 4 is 33.5 Å². The van der Waals surface area contributed by atoms with Gasteiger partial charge in [-0.25, -0.2) is 0 Å². The van der Waals surface area contributed by atoms with Gasteiger partial charge in [-0.3, -0.25) is 14.4 Å². The van der Waals surface area contributed by atoms with Crippen LogP contribution in [0.3, 0.4) is 0 Å². The number of ether oxygens (including phenoxy) is 2. The lowest BCUT2D eigenvalue weighted by atomic mass is 10.1. The van der Waals surface area contributed by atoms with Crippen molar-refractivity contribution in [1.82, 2.24) is 0 Å². The van der Waals surface area contributed by atoms with Crippen LogP contribution >= 0.6 is 15.9 Å². The molecule has 0 fully saturated rings. The highest BCUT2D eigenvalue weighted by Gasteiger charge is 2.13. The van der Waals surface area contributed by atoms with Crippen LogP contribution in [0.15, 0.2) is 53.0 Å². The molecule has 2 rings (SSSR count). The number of carbonyl (C=O) groups is 3. The predicted molar refractivity (Wildman–Crippen MR) is 96.0 cm³/mol. The van der Waals surface area contributed by atoms with Gasteiger partial charge < -0.3 is 9.47 Å². The number of benzene rings is 2. The highest BCUT2D eigenvalue weighted by atomic mass is 79.9. The number of hydrogen-bond acceptors (Lipinski definition) is 5. The molecule has 130 valence electrons. The molecular weight excluding hydrogens is 388 g/mol. The van der Waals surface area contributed by atoms with Crippen molar-refractivity contribution in [3.63, 3.8) is 0 Å². The minimum atomic E-state index is -0.577. The molecule has 0 aliphatic heterocycles. The Bertz CT molecular complexity index is 750. The smallest absolute Gasteiger partial charge is 0.306 e. The van der Waals surface area contributed by atoms with Crippen LogP contribution < -0.4 is 4.74 Å². The summed E-state index contributed by atoms with van der Waals surface area (Å²) in [6, 6.07) is 13.4. The zero-order chi connectivity index (χ0) is 18.2. The van der Waals surface area contributed by atoms with E-state index in [4.69, 9.17) is 9.47 Å². The van der Waals surface area contributed by atoms with E-state index in [9.17, 15) is 14.4 Å². The Morgan fingerprint density at radius 2 is 1.40 bits per heavy atom. The Morgan fingerprint density at radius 1 is 0.840 bits per heavy atom. The lowest BCUT2D eigenvalue weighted by Gasteiger charge is -2.05.